The Morgan fingerprint density at radius 1 is 1.26 bits per heavy atom. The zero-order valence-corrected chi connectivity index (χ0v) is 12.1. The molecule has 0 bridgehead atoms. The first-order valence-electron chi connectivity index (χ1n) is 5.90. The van der Waals surface area contributed by atoms with Gasteiger partial charge in [0.25, 0.3) is 0 Å². The third kappa shape index (κ3) is 8.30. The fraction of sp³-hybridized carbons (Fsp3) is 0.727. The SMILES string of the molecule is CCC(C)NC(=O)CS(=O)CC(NC(C)=O)C(=O)O. The zero-order valence-electron chi connectivity index (χ0n) is 11.3. The van der Waals surface area contributed by atoms with E-state index in [0.29, 0.717) is 0 Å². The number of carbonyl (C=O) groups is 3. The number of carbonyl (C=O) groups excluding carboxylic acids is 2. The summed E-state index contributed by atoms with van der Waals surface area (Å²) in [7, 11) is -1.64. The molecule has 19 heavy (non-hydrogen) atoms. The van der Waals surface area contributed by atoms with E-state index in [-0.39, 0.29) is 23.5 Å². The molecule has 3 unspecified atom stereocenters. The van der Waals surface area contributed by atoms with E-state index in [1.54, 1.807) is 0 Å². The quantitative estimate of drug-likeness (QED) is 0.544. The average molecular weight is 292 g/mol. The van der Waals surface area contributed by atoms with E-state index in [1.165, 1.54) is 6.92 Å². The number of aliphatic carboxylic acids is 1. The molecule has 0 rings (SSSR count). The van der Waals surface area contributed by atoms with Crippen LogP contribution in [0.2, 0.25) is 0 Å². The van der Waals surface area contributed by atoms with Crippen molar-refractivity contribution in [1.82, 2.24) is 10.6 Å². The summed E-state index contributed by atoms with van der Waals surface area (Å²) in [5.41, 5.74) is 0. The number of rotatable bonds is 8. The van der Waals surface area contributed by atoms with E-state index >= 15 is 0 Å². The molecule has 0 aromatic rings. The largest absolute Gasteiger partial charge is 0.480 e. The predicted molar refractivity (Wildman–Crippen MR) is 71.0 cm³/mol. The van der Waals surface area contributed by atoms with E-state index < -0.39 is 28.7 Å². The second kappa shape index (κ2) is 8.63. The topological polar surface area (TPSA) is 113 Å². The van der Waals surface area contributed by atoms with Crippen molar-refractivity contribution >= 4 is 28.6 Å². The molecule has 3 N–H and O–H groups in total. The minimum Gasteiger partial charge on any atom is -0.480 e. The third-order valence-corrected chi connectivity index (χ3v) is 3.63. The van der Waals surface area contributed by atoms with Gasteiger partial charge in [0.05, 0.1) is 5.75 Å². The fourth-order valence-electron chi connectivity index (χ4n) is 1.23. The summed E-state index contributed by atoms with van der Waals surface area (Å²) in [5.74, 6) is -2.74. The van der Waals surface area contributed by atoms with Gasteiger partial charge in [0.15, 0.2) is 0 Å². The van der Waals surface area contributed by atoms with Gasteiger partial charge in [-0.3, -0.25) is 13.8 Å². The summed E-state index contributed by atoms with van der Waals surface area (Å²) in [5, 5.41) is 13.6. The number of hydrogen-bond acceptors (Lipinski definition) is 4. The summed E-state index contributed by atoms with van der Waals surface area (Å²) in [6, 6.07) is -1.26. The van der Waals surface area contributed by atoms with Crippen LogP contribution in [-0.2, 0) is 25.2 Å². The highest BCUT2D eigenvalue weighted by Crippen LogP contribution is 1.94. The van der Waals surface area contributed by atoms with Gasteiger partial charge in [0.2, 0.25) is 11.8 Å². The van der Waals surface area contributed by atoms with Crippen molar-refractivity contribution in [2.75, 3.05) is 11.5 Å². The molecule has 0 spiro atoms. The van der Waals surface area contributed by atoms with E-state index in [4.69, 9.17) is 5.11 Å². The summed E-state index contributed by atoms with van der Waals surface area (Å²) in [4.78, 5) is 33.1. The highest BCUT2D eigenvalue weighted by atomic mass is 32.2. The summed E-state index contributed by atoms with van der Waals surface area (Å²) in [6.07, 6.45) is 0.752. The van der Waals surface area contributed by atoms with Crippen LogP contribution in [0, 0.1) is 0 Å². The average Bonchev–Trinajstić information content (AvgIpc) is 2.26. The van der Waals surface area contributed by atoms with Crippen molar-refractivity contribution in [3.63, 3.8) is 0 Å². The number of carboxylic acids is 1. The molecule has 0 aliphatic rings. The number of carboxylic acid groups (broad SMARTS) is 1. The van der Waals surface area contributed by atoms with Crippen molar-refractivity contribution in [1.29, 1.82) is 0 Å². The molecular weight excluding hydrogens is 272 g/mol. The zero-order chi connectivity index (χ0) is 15.0. The molecule has 2 amide bonds. The van der Waals surface area contributed by atoms with Crippen LogP contribution in [0.15, 0.2) is 0 Å². The van der Waals surface area contributed by atoms with E-state index in [0.717, 1.165) is 6.42 Å². The Kier molecular flexibility index (Phi) is 7.97. The molecule has 0 heterocycles. The van der Waals surface area contributed by atoms with Gasteiger partial charge in [0, 0.05) is 23.8 Å². The smallest absolute Gasteiger partial charge is 0.327 e. The minimum absolute atomic E-state index is 0.0184. The second-order valence-electron chi connectivity index (χ2n) is 4.22. The normalized spacial score (nSPS) is 15.1. The minimum atomic E-state index is -1.64. The van der Waals surface area contributed by atoms with Crippen molar-refractivity contribution in [3.05, 3.63) is 0 Å². The Morgan fingerprint density at radius 3 is 2.26 bits per heavy atom. The number of nitrogens with one attached hydrogen (secondary N) is 2. The number of hydrogen-bond donors (Lipinski definition) is 3. The van der Waals surface area contributed by atoms with Gasteiger partial charge >= 0.3 is 5.97 Å². The van der Waals surface area contributed by atoms with Gasteiger partial charge in [-0.2, -0.15) is 0 Å². The summed E-state index contributed by atoms with van der Waals surface area (Å²) < 4.78 is 11.7. The molecule has 3 atom stereocenters. The standard InChI is InChI=1S/C11H20N2O5S/c1-4-7(2)12-10(15)6-19(18)5-9(11(16)17)13-8(3)14/h7,9H,4-6H2,1-3H3,(H,12,15)(H,13,14)(H,16,17). The number of amides is 2. The van der Waals surface area contributed by atoms with Gasteiger partial charge in [-0.05, 0) is 13.3 Å². The van der Waals surface area contributed by atoms with E-state index in [9.17, 15) is 18.6 Å². The second-order valence-corrected chi connectivity index (χ2v) is 5.72. The molecule has 7 nitrogen and oxygen atoms in total. The van der Waals surface area contributed by atoms with E-state index in [2.05, 4.69) is 10.6 Å². The van der Waals surface area contributed by atoms with Crippen molar-refractivity contribution in [2.24, 2.45) is 0 Å². The third-order valence-electron chi connectivity index (χ3n) is 2.34. The molecule has 0 aliphatic carbocycles. The van der Waals surface area contributed by atoms with Crippen molar-refractivity contribution < 1.29 is 23.7 Å². The monoisotopic (exact) mass is 292 g/mol. The molecular formula is C11H20N2O5S. The lowest BCUT2D eigenvalue weighted by molar-refractivity contribution is -0.140. The van der Waals surface area contributed by atoms with Crippen LogP contribution in [0.5, 0.6) is 0 Å². The Bertz CT molecular complexity index is 372. The predicted octanol–water partition coefficient (Wildman–Crippen LogP) is -0.761. The van der Waals surface area contributed by atoms with Crippen molar-refractivity contribution in [3.8, 4) is 0 Å². The molecule has 0 saturated heterocycles. The molecule has 0 aromatic carbocycles. The molecule has 0 aliphatic heterocycles. The highest BCUT2D eigenvalue weighted by molar-refractivity contribution is 7.85. The summed E-state index contributed by atoms with van der Waals surface area (Å²) >= 11 is 0. The first-order chi connectivity index (χ1) is 8.76. The Hall–Kier alpha value is -1.44. The van der Waals surface area contributed by atoms with Gasteiger partial charge in [-0.15, -0.1) is 0 Å². The van der Waals surface area contributed by atoms with Crippen LogP contribution < -0.4 is 10.6 Å². The Balaban J connectivity index is 4.30. The van der Waals surface area contributed by atoms with Crippen LogP contribution in [-0.4, -0.2) is 50.7 Å². The van der Waals surface area contributed by atoms with Gasteiger partial charge < -0.3 is 15.7 Å². The lowest BCUT2D eigenvalue weighted by Crippen LogP contribution is -2.45. The highest BCUT2D eigenvalue weighted by Gasteiger charge is 2.22. The van der Waals surface area contributed by atoms with Crippen molar-refractivity contribution in [2.45, 2.75) is 39.3 Å². The maximum absolute atomic E-state index is 11.7. The van der Waals surface area contributed by atoms with Crippen LogP contribution in [0.3, 0.4) is 0 Å². The molecule has 0 aromatic heterocycles. The van der Waals surface area contributed by atoms with Crippen LogP contribution in [0.4, 0.5) is 0 Å². The van der Waals surface area contributed by atoms with Gasteiger partial charge in [0.1, 0.15) is 11.8 Å². The molecule has 0 radical (unpaired) electrons. The molecule has 0 fully saturated rings. The maximum atomic E-state index is 11.7. The molecule has 110 valence electrons. The lowest BCUT2D eigenvalue weighted by atomic mass is 10.3. The first kappa shape index (κ1) is 17.6. The molecule has 0 saturated carbocycles. The maximum Gasteiger partial charge on any atom is 0.327 e. The van der Waals surface area contributed by atoms with Gasteiger partial charge in [-0.25, -0.2) is 4.79 Å². The Labute approximate surface area is 114 Å². The van der Waals surface area contributed by atoms with E-state index in [1.807, 2.05) is 13.8 Å². The van der Waals surface area contributed by atoms with Crippen LogP contribution in [0.25, 0.3) is 0 Å². The lowest BCUT2D eigenvalue weighted by Gasteiger charge is -2.14. The van der Waals surface area contributed by atoms with Gasteiger partial charge in [-0.1, -0.05) is 6.92 Å². The first-order valence-corrected chi connectivity index (χ1v) is 7.39. The van der Waals surface area contributed by atoms with Crippen LogP contribution in [0.1, 0.15) is 27.2 Å². The summed E-state index contributed by atoms with van der Waals surface area (Å²) in [6.45, 7) is 4.89. The molecule has 8 heteroatoms. The fourth-order valence-corrected chi connectivity index (χ4v) is 2.32. The Morgan fingerprint density at radius 2 is 1.84 bits per heavy atom. The van der Waals surface area contributed by atoms with Crippen LogP contribution >= 0.6 is 0 Å².